The Bertz CT molecular complexity index is 462. The van der Waals surface area contributed by atoms with Crippen molar-refractivity contribution in [3.05, 3.63) is 17.0 Å². The van der Waals surface area contributed by atoms with Gasteiger partial charge in [0.25, 0.3) is 0 Å². The van der Waals surface area contributed by atoms with Crippen molar-refractivity contribution in [2.45, 2.75) is 52.2 Å². The number of ether oxygens (including phenoxy) is 1. The number of rotatable bonds is 2. The summed E-state index contributed by atoms with van der Waals surface area (Å²) in [4.78, 5) is 11.1. The fourth-order valence-corrected chi connectivity index (χ4v) is 2.66. The third-order valence-electron chi connectivity index (χ3n) is 3.11. The van der Waals surface area contributed by atoms with Gasteiger partial charge in [0.2, 0.25) is 0 Å². The molecular weight excluding hydrogens is 262 g/mol. The van der Waals surface area contributed by atoms with E-state index in [4.69, 9.17) is 16.3 Å². The molecule has 106 valence electrons. The summed E-state index contributed by atoms with van der Waals surface area (Å²) >= 11 is 6.11. The molecule has 1 aliphatic heterocycles. The van der Waals surface area contributed by atoms with E-state index in [1.165, 1.54) is 0 Å². The third-order valence-corrected chi connectivity index (χ3v) is 3.30. The molecule has 1 aromatic heterocycles. The van der Waals surface area contributed by atoms with Gasteiger partial charge in [-0.15, -0.1) is 0 Å². The van der Waals surface area contributed by atoms with Crippen molar-refractivity contribution in [1.29, 1.82) is 0 Å². The molecule has 1 fully saturated rings. The summed E-state index contributed by atoms with van der Waals surface area (Å²) in [5, 5.41) is 0.505. The van der Waals surface area contributed by atoms with Crippen LogP contribution in [0, 0.1) is 0 Å². The fraction of sp³-hybridized carbons (Fsp3) is 0.714. The molecule has 0 saturated carbocycles. The summed E-state index contributed by atoms with van der Waals surface area (Å²) < 4.78 is 5.92. The van der Waals surface area contributed by atoms with Crippen molar-refractivity contribution in [3.8, 4) is 0 Å². The summed E-state index contributed by atoms with van der Waals surface area (Å²) in [6, 6.07) is 1.83. The van der Waals surface area contributed by atoms with Gasteiger partial charge in [0.15, 0.2) is 0 Å². The molecule has 5 heteroatoms. The summed E-state index contributed by atoms with van der Waals surface area (Å²) in [5.74, 6) is 1.95. The lowest BCUT2D eigenvalue weighted by molar-refractivity contribution is -0.0751. The Kier molecular flexibility index (Phi) is 4.02. The highest BCUT2D eigenvalue weighted by molar-refractivity contribution is 6.29. The van der Waals surface area contributed by atoms with E-state index >= 15 is 0 Å². The van der Waals surface area contributed by atoms with Crippen LogP contribution >= 0.6 is 11.6 Å². The van der Waals surface area contributed by atoms with E-state index < -0.39 is 0 Å². The summed E-state index contributed by atoms with van der Waals surface area (Å²) in [6.07, 6.45) is 0.181. The maximum absolute atomic E-state index is 6.11. The smallest absolute Gasteiger partial charge is 0.135 e. The molecular formula is C14H22ClN3O. The van der Waals surface area contributed by atoms with Gasteiger partial charge in [-0.3, -0.25) is 0 Å². The van der Waals surface area contributed by atoms with Crippen molar-refractivity contribution < 1.29 is 4.74 Å². The first-order chi connectivity index (χ1) is 8.77. The molecule has 0 radical (unpaired) electrons. The van der Waals surface area contributed by atoms with Crippen molar-refractivity contribution in [2.75, 3.05) is 18.0 Å². The van der Waals surface area contributed by atoms with Crippen molar-refractivity contribution in [2.24, 2.45) is 0 Å². The van der Waals surface area contributed by atoms with Crippen LogP contribution in [0.15, 0.2) is 6.07 Å². The molecule has 1 saturated heterocycles. The first kappa shape index (κ1) is 14.5. The van der Waals surface area contributed by atoms with Gasteiger partial charge in [0.1, 0.15) is 16.8 Å². The molecule has 1 aliphatic rings. The Morgan fingerprint density at radius 3 is 2.68 bits per heavy atom. The minimum Gasteiger partial charge on any atom is -0.369 e. The van der Waals surface area contributed by atoms with Gasteiger partial charge in [0.05, 0.1) is 11.7 Å². The lowest BCUT2D eigenvalue weighted by Crippen LogP contribution is -2.52. The zero-order chi connectivity index (χ0) is 14.2. The van der Waals surface area contributed by atoms with E-state index in [0.717, 1.165) is 24.7 Å². The normalized spacial score (nSPS) is 22.9. The first-order valence-corrected chi connectivity index (χ1v) is 7.12. The van der Waals surface area contributed by atoms with Crippen LogP contribution in [0.5, 0.6) is 0 Å². The number of halogens is 1. The van der Waals surface area contributed by atoms with Gasteiger partial charge in [0, 0.05) is 25.1 Å². The van der Waals surface area contributed by atoms with Crippen LogP contribution in [-0.2, 0) is 4.74 Å². The van der Waals surface area contributed by atoms with E-state index in [2.05, 4.69) is 49.5 Å². The molecule has 2 rings (SSSR count). The molecule has 0 aromatic carbocycles. The standard InChI is InChI=1S/C14H22ClN3O/c1-9(2)13-16-11(15)6-12(17-13)18-7-10(3)19-14(4,5)8-18/h6,9-10H,7-8H2,1-5H3. The average molecular weight is 284 g/mol. The molecule has 2 heterocycles. The molecule has 0 spiro atoms. The zero-order valence-corrected chi connectivity index (χ0v) is 13.0. The predicted octanol–water partition coefficient (Wildman–Crippen LogP) is 3.26. The van der Waals surface area contributed by atoms with Crippen LogP contribution < -0.4 is 4.90 Å². The highest BCUT2D eigenvalue weighted by atomic mass is 35.5. The second-order valence-corrected chi connectivity index (χ2v) is 6.52. The Hall–Kier alpha value is -0.870. The molecule has 0 N–H and O–H groups in total. The van der Waals surface area contributed by atoms with Crippen molar-refractivity contribution in [1.82, 2.24) is 9.97 Å². The molecule has 4 nitrogen and oxygen atoms in total. The maximum atomic E-state index is 6.11. The summed E-state index contributed by atoms with van der Waals surface area (Å²) in [5.41, 5.74) is -0.174. The Morgan fingerprint density at radius 1 is 1.42 bits per heavy atom. The van der Waals surface area contributed by atoms with Gasteiger partial charge in [-0.05, 0) is 20.8 Å². The number of anilines is 1. The lowest BCUT2D eigenvalue weighted by Gasteiger charge is -2.42. The lowest BCUT2D eigenvalue weighted by atomic mass is 10.1. The van der Waals surface area contributed by atoms with E-state index in [1.807, 2.05) is 6.07 Å². The van der Waals surface area contributed by atoms with Crippen LogP contribution in [0.2, 0.25) is 5.15 Å². The predicted molar refractivity (Wildman–Crippen MR) is 78.0 cm³/mol. The molecule has 0 amide bonds. The molecule has 1 unspecified atom stereocenters. The van der Waals surface area contributed by atoms with E-state index in [9.17, 15) is 0 Å². The number of hydrogen-bond donors (Lipinski definition) is 0. The van der Waals surface area contributed by atoms with Gasteiger partial charge >= 0.3 is 0 Å². The maximum Gasteiger partial charge on any atom is 0.135 e. The van der Waals surface area contributed by atoms with Crippen LogP contribution in [0.25, 0.3) is 0 Å². The Balaban J connectivity index is 2.30. The van der Waals surface area contributed by atoms with Gasteiger partial charge in [-0.1, -0.05) is 25.4 Å². The van der Waals surface area contributed by atoms with E-state index in [0.29, 0.717) is 5.15 Å². The second-order valence-electron chi connectivity index (χ2n) is 6.13. The monoisotopic (exact) mass is 283 g/mol. The number of morpholine rings is 1. The topological polar surface area (TPSA) is 38.2 Å². The van der Waals surface area contributed by atoms with Crippen molar-refractivity contribution >= 4 is 17.4 Å². The van der Waals surface area contributed by atoms with E-state index in [1.54, 1.807) is 0 Å². The number of hydrogen-bond acceptors (Lipinski definition) is 4. The highest BCUT2D eigenvalue weighted by Crippen LogP contribution is 2.27. The average Bonchev–Trinajstić information content (AvgIpc) is 2.25. The molecule has 1 aromatic rings. The Morgan fingerprint density at radius 2 is 2.11 bits per heavy atom. The molecule has 1 atom stereocenters. The quantitative estimate of drug-likeness (QED) is 0.781. The summed E-state index contributed by atoms with van der Waals surface area (Å²) in [6.45, 7) is 12.1. The minimum absolute atomic E-state index is 0.174. The SMILES string of the molecule is CC1CN(c2cc(Cl)nc(C(C)C)n2)CC(C)(C)O1. The third kappa shape index (κ3) is 3.57. The van der Waals surface area contributed by atoms with E-state index in [-0.39, 0.29) is 17.6 Å². The molecule has 19 heavy (non-hydrogen) atoms. The first-order valence-electron chi connectivity index (χ1n) is 6.74. The number of nitrogens with zero attached hydrogens (tertiary/aromatic N) is 3. The van der Waals surface area contributed by atoms with Crippen LogP contribution in [-0.4, -0.2) is 34.8 Å². The largest absolute Gasteiger partial charge is 0.369 e. The van der Waals surface area contributed by atoms with Crippen LogP contribution in [0.3, 0.4) is 0 Å². The second kappa shape index (κ2) is 5.25. The van der Waals surface area contributed by atoms with Gasteiger partial charge in [-0.2, -0.15) is 0 Å². The van der Waals surface area contributed by atoms with Crippen LogP contribution in [0.4, 0.5) is 5.82 Å². The number of aromatic nitrogens is 2. The molecule has 0 bridgehead atoms. The molecule has 0 aliphatic carbocycles. The fourth-order valence-electron chi connectivity index (χ4n) is 2.47. The zero-order valence-electron chi connectivity index (χ0n) is 12.3. The minimum atomic E-state index is -0.174. The highest BCUT2D eigenvalue weighted by Gasteiger charge is 2.32. The van der Waals surface area contributed by atoms with Gasteiger partial charge in [-0.25, -0.2) is 9.97 Å². The van der Waals surface area contributed by atoms with Crippen LogP contribution in [0.1, 0.15) is 46.4 Å². The Labute approximate surface area is 120 Å². The van der Waals surface area contributed by atoms with Crippen molar-refractivity contribution in [3.63, 3.8) is 0 Å². The van der Waals surface area contributed by atoms with Gasteiger partial charge < -0.3 is 9.64 Å². The summed E-state index contributed by atoms with van der Waals surface area (Å²) in [7, 11) is 0.